The largest absolute Gasteiger partial charge is 0.353 e. The lowest BCUT2D eigenvalue weighted by Crippen LogP contribution is -2.54. The van der Waals surface area contributed by atoms with E-state index in [1.807, 2.05) is 0 Å². The summed E-state index contributed by atoms with van der Waals surface area (Å²) in [6.07, 6.45) is 4.36. The number of nitriles is 1. The first-order valence-corrected chi connectivity index (χ1v) is 5.43. The van der Waals surface area contributed by atoms with Crippen LogP contribution in [0.25, 0.3) is 0 Å². The fraction of sp³-hybridized carbons (Fsp3) is 0.364. The molecule has 0 aromatic carbocycles. The molecule has 17 heavy (non-hydrogen) atoms. The van der Waals surface area contributed by atoms with Crippen molar-refractivity contribution in [3.8, 4) is 6.19 Å². The molecular formula is C11H11N5O. The molecule has 0 radical (unpaired) electrons. The maximum atomic E-state index is 12.1. The van der Waals surface area contributed by atoms with Crippen LogP contribution in [-0.4, -0.2) is 34.4 Å². The number of rotatable bonds is 0. The van der Waals surface area contributed by atoms with Gasteiger partial charge >= 0.3 is 0 Å². The van der Waals surface area contributed by atoms with Crippen LogP contribution in [0.3, 0.4) is 0 Å². The second-order valence-electron chi connectivity index (χ2n) is 4.33. The van der Waals surface area contributed by atoms with Crippen LogP contribution in [0.15, 0.2) is 18.3 Å². The van der Waals surface area contributed by atoms with Crippen LogP contribution in [0.2, 0.25) is 0 Å². The molecule has 0 saturated carbocycles. The van der Waals surface area contributed by atoms with Crippen LogP contribution in [0.1, 0.15) is 6.42 Å². The van der Waals surface area contributed by atoms with Gasteiger partial charge in [0, 0.05) is 12.7 Å². The average Bonchev–Trinajstić information content (AvgIpc) is 2.75. The molecular weight excluding hydrogens is 218 g/mol. The maximum Gasteiger partial charge on any atom is 0.252 e. The molecule has 3 rings (SSSR count). The van der Waals surface area contributed by atoms with Crippen molar-refractivity contribution in [1.29, 1.82) is 5.26 Å². The van der Waals surface area contributed by atoms with Gasteiger partial charge in [-0.2, -0.15) is 5.26 Å². The fourth-order valence-electron chi connectivity index (χ4n) is 2.31. The number of fused-ring (bicyclic) bond motifs is 1. The van der Waals surface area contributed by atoms with Crippen LogP contribution in [0.5, 0.6) is 0 Å². The van der Waals surface area contributed by atoms with E-state index in [0.717, 1.165) is 0 Å². The SMILES string of the molecule is N#CN1CC[C@@]2(C1)Nc1ncccc1NC2=O. The summed E-state index contributed by atoms with van der Waals surface area (Å²) in [5.41, 5.74) is -0.0181. The van der Waals surface area contributed by atoms with Crippen LogP contribution in [0.4, 0.5) is 11.5 Å². The van der Waals surface area contributed by atoms with Crippen molar-refractivity contribution >= 4 is 17.4 Å². The summed E-state index contributed by atoms with van der Waals surface area (Å²) in [6, 6.07) is 3.58. The lowest BCUT2D eigenvalue weighted by molar-refractivity contribution is -0.120. The number of anilines is 2. The summed E-state index contributed by atoms with van der Waals surface area (Å²) in [5.74, 6) is 0.586. The predicted octanol–water partition coefficient (Wildman–Crippen LogP) is 0.371. The van der Waals surface area contributed by atoms with Gasteiger partial charge in [0.05, 0.1) is 12.2 Å². The van der Waals surface area contributed by atoms with E-state index >= 15 is 0 Å². The van der Waals surface area contributed by atoms with E-state index in [1.54, 1.807) is 23.2 Å². The highest BCUT2D eigenvalue weighted by Gasteiger charge is 2.47. The monoisotopic (exact) mass is 229 g/mol. The first-order valence-electron chi connectivity index (χ1n) is 5.43. The van der Waals surface area contributed by atoms with Crippen molar-refractivity contribution in [1.82, 2.24) is 9.88 Å². The van der Waals surface area contributed by atoms with E-state index in [2.05, 4.69) is 21.8 Å². The lowest BCUT2D eigenvalue weighted by Gasteiger charge is -2.34. The minimum Gasteiger partial charge on any atom is -0.353 e. The third-order valence-electron chi connectivity index (χ3n) is 3.26. The van der Waals surface area contributed by atoms with Gasteiger partial charge < -0.3 is 15.5 Å². The number of pyridine rings is 1. The van der Waals surface area contributed by atoms with Crippen LogP contribution >= 0.6 is 0 Å². The predicted molar refractivity (Wildman–Crippen MR) is 61.0 cm³/mol. The van der Waals surface area contributed by atoms with Gasteiger partial charge in [-0.05, 0) is 18.6 Å². The van der Waals surface area contributed by atoms with Gasteiger partial charge in [0.1, 0.15) is 5.54 Å². The standard InChI is InChI=1S/C11H11N5O/c12-7-16-5-3-11(6-16)10(17)14-8-2-1-4-13-9(8)15-11/h1-2,4H,3,5-6H2,(H,13,15)(H,14,17)/t11-/m0/s1. The molecule has 1 amide bonds. The van der Waals surface area contributed by atoms with Crippen molar-refractivity contribution in [3.63, 3.8) is 0 Å². The van der Waals surface area contributed by atoms with Crippen molar-refractivity contribution in [2.45, 2.75) is 12.0 Å². The van der Waals surface area contributed by atoms with E-state index in [4.69, 9.17) is 5.26 Å². The minimum absolute atomic E-state index is 0.0873. The number of carbonyl (C=O) groups excluding carboxylic acids is 1. The van der Waals surface area contributed by atoms with E-state index < -0.39 is 5.54 Å². The third kappa shape index (κ3) is 1.40. The van der Waals surface area contributed by atoms with Crippen molar-refractivity contribution in [2.75, 3.05) is 23.7 Å². The van der Waals surface area contributed by atoms with Crippen molar-refractivity contribution < 1.29 is 4.79 Å². The number of nitrogens with zero attached hydrogens (tertiary/aromatic N) is 3. The Bertz CT molecular complexity index is 523. The Morgan fingerprint density at radius 2 is 2.47 bits per heavy atom. The molecule has 0 aliphatic carbocycles. The second-order valence-corrected chi connectivity index (χ2v) is 4.33. The van der Waals surface area contributed by atoms with E-state index in [-0.39, 0.29) is 5.91 Å². The number of likely N-dealkylation sites (tertiary alicyclic amines) is 1. The molecule has 6 heteroatoms. The van der Waals surface area contributed by atoms with Gasteiger partial charge in [-0.1, -0.05) is 0 Å². The smallest absolute Gasteiger partial charge is 0.252 e. The molecule has 0 bridgehead atoms. The Morgan fingerprint density at radius 1 is 1.59 bits per heavy atom. The summed E-state index contributed by atoms with van der Waals surface area (Å²) >= 11 is 0. The Labute approximate surface area is 98.2 Å². The maximum absolute atomic E-state index is 12.1. The van der Waals surface area contributed by atoms with Gasteiger partial charge in [-0.15, -0.1) is 0 Å². The van der Waals surface area contributed by atoms with Gasteiger partial charge in [0.25, 0.3) is 5.91 Å². The number of aromatic nitrogens is 1. The Morgan fingerprint density at radius 3 is 3.24 bits per heavy atom. The Hall–Kier alpha value is -2.29. The van der Waals surface area contributed by atoms with Crippen LogP contribution in [0, 0.1) is 11.5 Å². The summed E-state index contributed by atoms with van der Waals surface area (Å²) < 4.78 is 0. The molecule has 3 heterocycles. The second kappa shape index (κ2) is 3.35. The molecule has 2 aliphatic heterocycles. The van der Waals surface area contributed by atoms with E-state index in [1.165, 1.54) is 0 Å². The summed E-state index contributed by atoms with van der Waals surface area (Å²) in [6.45, 7) is 0.991. The third-order valence-corrected chi connectivity index (χ3v) is 3.26. The number of amides is 1. The van der Waals surface area contributed by atoms with Crippen LogP contribution < -0.4 is 10.6 Å². The summed E-state index contributed by atoms with van der Waals surface area (Å²) in [4.78, 5) is 17.9. The zero-order chi connectivity index (χ0) is 11.9. The van der Waals surface area contributed by atoms with Gasteiger partial charge in [-0.3, -0.25) is 4.79 Å². The van der Waals surface area contributed by atoms with Crippen molar-refractivity contribution in [3.05, 3.63) is 18.3 Å². The number of hydrogen-bond acceptors (Lipinski definition) is 5. The molecule has 1 saturated heterocycles. The zero-order valence-electron chi connectivity index (χ0n) is 9.10. The molecule has 2 N–H and O–H groups in total. The number of carbonyl (C=O) groups is 1. The van der Waals surface area contributed by atoms with E-state index in [0.29, 0.717) is 31.0 Å². The summed E-state index contributed by atoms with van der Waals surface area (Å²) in [7, 11) is 0. The first kappa shape index (κ1) is 9.90. The quantitative estimate of drug-likeness (QED) is 0.628. The van der Waals surface area contributed by atoms with Crippen molar-refractivity contribution in [2.24, 2.45) is 0 Å². The average molecular weight is 229 g/mol. The highest BCUT2D eigenvalue weighted by Crippen LogP contribution is 2.33. The summed E-state index contributed by atoms with van der Waals surface area (Å²) in [5, 5.41) is 14.9. The van der Waals surface area contributed by atoms with Gasteiger partial charge in [0.2, 0.25) is 0 Å². The molecule has 1 fully saturated rings. The lowest BCUT2D eigenvalue weighted by atomic mass is 9.95. The highest BCUT2D eigenvalue weighted by atomic mass is 16.2. The topological polar surface area (TPSA) is 81.1 Å². The number of hydrogen-bond donors (Lipinski definition) is 2. The Kier molecular flexibility index (Phi) is 1.95. The molecule has 86 valence electrons. The molecule has 2 aliphatic rings. The molecule has 0 unspecified atom stereocenters. The minimum atomic E-state index is -0.711. The zero-order valence-corrected chi connectivity index (χ0v) is 9.10. The number of nitrogens with one attached hydrogen (secondary N) is 2. The normalized spacial score (nSPS) is 26.1. The molecule has 1 aromatic heterocycles. The molecule has 1 atom stereocenters. The van der Waals surface area contributed by atoms with Crippen LogP contribution in [-0.2, 0) is 4.79 Å². The van der Waals surface area contributed by atoms with Gasteiger partial charge in [-0.25, -0.2) is 4.98 Å². The Balaban J connectivity index is 1.95. The van der Waals surface area contributed by atoms with E-state index in [9.17, 15) is 4.79 Å². The first-order chi connectivity index (χ1) is 8.23. The fourth-order valence-corrected chi connectivity index (χ4v) is 2.31. The molecule has 1 aromatic rings. The highest BCUT2D eigenvalue weighted by molar-refractivity contribution is 6.05. The van der Waals surface area contributed by atoms with Gasteiger partial charge in [0.15, 0.2) is 12.0 Å². The molecule has 6 nitrogen and oxygen atoms in total. The molecule has 1 spiro atoms.